The molecule has 1 nitrogen and oxygen atoms in total. The maximum absolute atomic E-state index is 13.4. The summed E-state index contributed by atoms with van der Waals surface area (Å²) in [4.78, 5) is 0. The number of hydrogen-bond donors (Lipinski definition) is 1. The fourth-order valence-electron chi connectivity index (χ4n) is 1.45. The van der Waals surface area contributed by atoms with E-state index in [2.05, 4.69) is 0 Å². The van der Waals surface area contributed by atoms with Crippen molar-refractivity contribution in [3.8, 4) is 16.9 Å². The largest absolute Gasteiger partial charge is 0.508 e. The van der Waals surface area contributed by atoms with E-state index in [4.69, 9.17) is 5.11 Å². The van der Waals surface area contributed by atoms with Gasteiger partial charge in [0.05, 0.1) is 0 Å². The summed E-state index contributed by atoms with van der Waals surface area (Å²) >= 11 is 0. The number of hydrogen-bond acceptors (Lipinski definition) is 1. The Labute approximate surface area is 89.8 Å². The predicted molar refractivity (Wildman–Crippen MR) is 53.4 cm³/mol. The average Bonchev–Trinajstić information content (AvgIpc) is 2.15. The van der Waals surface area contributed by atoms with Crippen LogP contribution in [0.4, 0.5) is 13.2 Å². The summed E-state index contributed by atoms with van der Waals surface area (Å²) in [6, 6.07) is 6.16. The van der Waals surface area contributed by atoms with Crippen LogP contribution >= 0.6 is 0 Å². The van der Waals surface area contributed by atoms with Crippen molar-refractivity contribution < 1.29 is 18.3 Å². The maximum atomic E-state index is 13.4. The van der Waals surface area contributed by atoms with Crippen LogP contribution < -0.4 is 0 Å². The standard InChI is InChI=1S/C12H7F3O/c13-8-3-7(4-9(14)5-8)11-2-1-10(16)6-12(11)15/h1-6,16H. The molecule has 0 saturated carbocycles. The molecule has 0 aliphatic heterocycles. The second kappa shape index (κ2) is 3.89. The Hall–Kier alpha value is -1.97. The molecule has 0 fully saturated rings. The van der Waals surface area contributed by atoms with Crippen molar-refractivity contribution in [3.05, 3.63) is 53.8 Å². The molecule has 0 aromatic heterocycles. The molecule has 0 heterocycles. The highest BCUT2D eigenvalue weighted by molar-refractivity contribution is 5.65. The summed E-state index contributed by atoms with van der Waals surface area (Å²) in [5.74, 6) is -2.52. The van der Waals surface area contributed by atoms with Crippen LogP contribution in [0.5, 0.6) is 5.75 Å². The molecule has 0 amide bonds. The summed E-state index contributed by atoms with van der Waals surface area (Å²) < 4.78 is 39.2. The average molecular weight is 224 g/mol. The van der Waals surface area contributed by atoms with Crippen LogP contribution in [-0.2, 0) is 0 Å². The molecule has 0 unspecified atom stereocenters. The topological polar surface area (TPSA) is 20.2 Å². The van der Waals surface area contributed by atoms with Gasteiger partial charge in [0.15, 0.2) is 0 Å². The molecule has 0 bridgehead atoms. The van der Waals surface area contributed by atoms with Gasteiger partial charge in [0.1, 0.15) is 23.2 Å². The van der Waals surface area contributed by atoms with Crippen LogP contribution in [0.3, 0.4) is 0 Å². The Bertz CT molecular complexity index is 518. The lowest BCUT2D eigenvalue weighted by Crippen LogP contribution is -1.87. The third-order valence-corrected chi connectivity index (χ3v) is 2.13. The van der Waals surface area contributed by atoms with Crippen molar-refractivity contribution in [2.75, 3.05) is 0 Å². The van der Waals surface area contributed by atoms with Crippen molar-refractivity contribution >= 4 is 0 Å². The Morgan fingerprint density at radius 1 is 0.812 bits per heavy atom. The quantitative estimate of drug-likeness (QED) is 0.786. The van der Waals surface area contributed by atoms with Crippen molar-refractivity contribution in [3.63, 3.8) is 0 Å². The Kier molecular flexibility index (Phi) is 2.56. The van der Waals surface area contributed by atoms with Gasteiger partial charge in [-0.15, -0.1) is 0 Å². The van der Waals surface area contributed by atoms with Gasteiger partial charge in [-0.05, 0) is 29.8 Å². The van der Waals surface area contributed by atoms with Crippen molar-refractivity contribution in [2.45, 2.75) is 0 Å². The van der Waals surface area contributed by atoms with Crippen molar-refractivity contribution in [2.24, 2.45) is 0 Å². The molecule has 2 rings (SSSR count). The van der Waals surface area contributed by atoms with E-state index in [1.54, 1.807) is 0 Å². The van der Waals surface area contributed by atoms with E-state index in [0.29, 0.717) is 6.07 Å². The molecule has 1 N–H and O–H groups in total. The minimum Gasteiger partial charge on any atom is -0.508 e. The Morgan fingerprint density at radius 3 is 2.00 bits per heavy atom. The highest BCUT2D eigenvalue weighted by Crippen LogP contribution is 2.26. The second-order valence-corrected chi connectivity index (χ2v) is 3.32. The lowest BCUT2D eigenvalue weighted by atomic mass is 10.0. The monoisotopic (exact) mass is 224 g/mol. The highest BCUT2D eigenvalue weighted by Gasteiger charge is 2.08. The number of halogens is 3. The van der Waals surface area contributed by atoms with Crippen LogP contribution in [0.15, 0.2) is 36.4 Å². The summed E-state index contributed by atoms with van der Waals surface area (Å²) in [5, 5.41) is 9.01. The summed E-state index contributed by atoms with van der Waals surface area (Å²) in [6.45, 7) is 0. The second-order valence-electron chi connectivity index (χ2n) is 3.32. The third kappa shape index (κ3) is 2.00. The fourth-order valence-corrected chi connectivity index (χ4v) is 1.45. The number of aromatic hydroxyl groups is 1. The SMILES string of the molecule is Oc1ccc(-c2cc(F)cc(F)c2)c(F)c1. The lowest BCUT2D eigenvalue weighted by Gasteiger charge is -2.04. The van der Waals surface area contributed by atoms with Gasteiger partial charge in [-0.3, -0.25) is 0 Å². The minimum absolute atomic E-state index is 0.0381. The molecule has 0 atom stereocenters. The van der Waals surface area contributed by atoms with Gasteiger partial charge in [0, 0.05) is 17.7 Å². The van der Waals surface area contributed by atoms with Gasteiger partial charge in [-0.2, -0.15) is 0 Å². The van der Waals surface area contributed by atoms with Gasteiger partial charge in [0.25, 0.3) is 0 Å². The molecule has 0 spiro atoms. The first-order valence-corrected chi connectivity index (χ1v) is 4.51. The van der Waals surface area contributed by atoms with Crippen LogP contribution in [-0.4, -0.2) is 5.11 Å². The van der Waals surface area contributed by atoms with Crippen molar-refractivity contribution in [1.82, 2.24) is 0 Å². The van der Waals surface area contributed by atoms with Gasteiger partial charge in [0.2, 0.25) is 0 Å². The van der Waals surface area contributed by atoms with E-state index in [0.717, 1.165) is 18.2 Å². The van der Waals surface area contributed by atoms with Crippen LogP contribution in [0, 0.1) is 17.5 Å². The minimum atomic E-state index is -0.775. The van der Waals surface area contributed by atoms with Crippen LogP contribution in [0.2, 0.25) is 0 Å². The molecular weight excluding hydrogens is 217 g/mol. The summed E-state index contributed by atoms with van der Waals surface area (Å²) in [6.07, 6.45) is 0. The number of phenolic OH excluding ortho intramolecular Hbond substituents is 1. The number of benzene rings is 2. The van der Waals surface area contributed by atoms with Crippen LogP contribution in [0.25, 0.3) is 11.1 Å². The molecule has 0 aliphatic rings. The molecule has 0 radical (unpaired) electrons. The zero-order valence-electron chi connectivity index (χ0n) is 8.05. The van der Waals surface area contributed by atoms with E-state index in [1.165, 1.54) is 12.1 Å². The van der Waals surface area contributed by atoms with E-state index in [-0.39, 0.29) is 16.9 Å². The molecule has 2 aromatic carbocycles. The molecule has 4 heteroatoms. The van der Waals surface area contributed by atoms with Gasteiger partial charge >= 0.3 is 0 Å². The van der Waals surface area contributed by atoms with Crippen molar-refractivity contribution in [1.29, 1.82) is 0 Å². The highest BCUT2D eigenvalue weighted by atomic mass is 19.1. The molecule has 82 valence electrons. The first-order valence-electron chi connectivity index (χ1n) is 4.51. The van der Waals surface area contributed by atoms with E-state index in [9.17, 15) is 13.2 Å². The zero-order chi connectivity index (χ0) is 11.7. The Balaban J connectivity index is 2.58. The van der Waals surface area contributed by atoms with E-state index < -0.39 is 17.5 Å². The molecule has 0 saturated heterocycles. The van der Waals surface area contributed by atoms with E-state index in [1.807, 2.05) is 0 Å². The molecule has 2 aromatic rings. The predicted octanol–water partition coefficient (Wildman–Crippen LogP) is 3.48. The fraction of sp³-hybridized carbons (Fsp3) is 0. The van der Waals surface area contributed by atoms with Crippen LogP contribution in [0.1, 0.15) is 0 Å². The Morgan fingerprint density at radius 2 is 1.44 bits per heavy atom. The first kappa shape index (κ1) is 10.5. The normalized spacial score (nSPS) is 10.4. The van der Waals surface area contributed by atoms with Gasteiger partial charge in [-0.1, -0.05) is 0 Å². The zero-order valence-corrected chi connectivity index (χ0v) is 8.05. The summed E-state index contributed by atoms with van der Waals surface area (Å²) in [7, 11) is 0. The smallest absolute Gasteiger partial charge is 0.134 e. The first-order chi connectivity index (χ1) is 7.56. The third-order valence-electron chi connectivity index (χ3n) is 2.13. The molecule has 16 heavy (non-hydrogen) atoms. The molecular formula is C12H7F3O. The number of rotatable bonds is 1. The maximum Gasteiger partial charge on any atom is 0.134 e. The molecule has 0 aliphatic carbocycles. The van der Waals surface area contributed by atoms with Gasteiger partial charge in [-0.25, -0.2) is 13.2 Å². The summed E-state index contributed by atoms with van der Waals surface area (Å²) in [5.41, 5.74) is 0.131. The lowest BCUT2D eigenvalue weighted by molar-refractivity contribution is 0.469. The van der Waals surface area contributed by atoms with Gasteiger partial charge < -0.3 is 5.11 Å². The number of phenols is 1. The van der Waals surface area contributed by atoms with E-state index >= 15 is 0 Å².